The van der Waals surface area contributed by atoms with E-state index in [1.165, 1.54) is 0 Å². The SMILES string of the molecule is CN(C)CC(=O)CC1(Cc2ccccn2)CCNCC1. The van der Waals surface area contributed by atoms with Gasteiger partial charge in [0.2, 0.25) is 0 Å². The van der Waals surface area contributed by atoms with E-state index in [0.717, 1.165) is 38.0 Å². The number of carbonyl (C=O) groups is 1. The normalized spacial score (nSPS) is 18.1. The van der Waals surface area contributed by atoms with E-state index in [0.29, 0.717) is 18.7 Å². The molecule has 0 spiro atoms. The quantitative estimate of drug-likeness (QED) is 0.855. The van der Waals surface area contributed by atoms with Crippen molar-refractivity contribution in [3.05, 3.63) is 30.1 Å². The lowest BCUT2D eigenvalue weighted by Gasteiger charge is -2.37. The lowest BCUT2D eigenvalue weighted by atomic mass is 9.71. The topological polar surface area (TPSA) is 45.2 Å². The Morgan fingerprint density at radius 1 is 1.35 bits per heavy atom. The van der Waals surface area contributed by atoms with Gasteiger partial charge in [0.05, 0.1) is 6.54 Å². The molecule has 1 fully saturated rings. The molecule has 0 radical (unpaired) electrons. The summed E-state index contributed by atoms with van der Waals surface area (Å²) in [5.74, 6) is 0.341. The Morgan fingerprint density at radius 2 is 2.10 bits per heavy atom. The van der Waals surface area contributed by atoms with Gasteiger partial charge in [0.25, 0.3) is 0 Å². The molecule has 0 amide bonds. The summed E-state index contributed by atoms with van der Waals surface area (Å²) < 4.78 is 0. The summed E-state index contributed by atoms with van der Waals surface area (Å²) >= 11 is 0. The average molecular weight is 275 g/mol. The van der Waals surface area contributed by atoms with Crippen LogP contribution in [0.15, 0.2) is 24.4 Å². The highest BCUT2D eigenvalue weighted by Crippen LogP contribution is 2.36. The second kappa shape index (κ2) is 6.95. The molecule has 2 heterocycles. The van der Waals surface area contributed by atoms with Crippen molar-refractivity contribution in [1.82, 2.24) is 15.2 Å². The van der Waals surface area contributed by atoms with Crippen molar-refractivity contribution in [3.63, 3.8) is 0 Å². The third kappa shape index (κ3) is 4.39. The molecule has 0 aromatic carbocycles. The highest BCUT2D eigenvalue weighted by molar-refractivity contribution is 5.81. The monoisotopic (exact) mass is 275 g/mol. The zero-order valence-corrected chi connectivity index (χ0v) is 12.6. The number of nitrogens with one attached hydrogen (secondary N) is 1. The van der Waals surface area contributed by atoms with Crippen molar-refractivity contribution in [1.29, 1.82) is 0 Å². The van der Waals surface area contributed by atoms with E-state index in [4.69, 9.17) is 0 Å². The number of ketones is 1. The highest BCUT2D eigenvalue weighted by Gasteiger charge is 2.34. The molecule has 1 saturated heterocycles. The van der Waals surface area contributed by atoms with E-state index in [1.54, 1.807) is 0 Å². The summed E-state index contributed by atoms with van der Waals surface area (Å²) in [4.78, 5) is 18.6. The molecule has 110 valence electrons. The summed E-state index contributed by atoms with van der Waals surface area (Å²) in [6.07, 6.45) is 5.54. The van der Waals surface area contributed by atoms with Gasteiger partial charge in [-0.15, -0.1) is 0 Å². The van der Waals surface area contributed by atoms with Crippen molar-refractivity contribution in [2.75, 3.05) is 33.7 Å². The molecule has 1 aromatic rings. The maximum Gasteiger partial charge on any atom is 0.147 e. The van der Waals surface area contributed by atoms with Crippen molar-refractivity contribution < 1.29 is 4.79 Å². The van der Waals surface area contributed by atoms with E-state index >= 15 is 0 Å². The average Bonchev–Trinajstić information content (AvgIpc) is 2.39. The minimum Gasteiger partial charge on any atom is -0.317 e. The Hall–Kier alpha value is -1.26. The molecule has 1 aliphatic rings. The van der Waals surface area contributed by atoms with Crippen LogP contribution < -0.4 is 5.32 Å². The van der Waals surface area contributed by atoms with Crippen LogP contribution in [-0.2, 0) is 11.2 Å². The molecule has 0 aliphatic carbocycles. The van der Waals surface area contributed by atoms with Crippen LogP contribution in [0.3, 0.4) is 0 Å². The van der Waals surface area contributed by atoms with Crippen LogP contribution in [0.25, 0.3) is 0 Å². The van der Waals surface area contributed by atoms with Gasteiger partial charge >= 0.3 is 0 Å². The molecule has 1 aliphatic heterocycles. The standard InChI is InChI=1S/C16H25N3O/c1-19(2)13-15(20)12-16(6-9-17-10-7-16)11-14-5-3-4-8-18-14/h3-5,8,17H,6-7,9-13H2,1-2H3. The van der Waals surface area contributed by atoms with Gasteiger partial charge in [0.15, 0.2) is 0 Å². The van der Waals surface area contributed by atoms with Crippen LogP contribution in [0.4, 0.5) is 0 Å². The number of nitrogens with zero attached hydrogens (tertiary/aromatic N) is 2. The van der Waals surface area contributed by atoms with Gasteiger partial charge in [-0.2, -0.15) is 0 Å². The summed E-state index contributed by atoms with van der Waals surface area (Å²) in [5, 5.41) is 3.40. The lowest BCUT2D eigenvalue weighted by molar-refractivity contribution is -0.122. The summed E-state index contributed by atoms with van der Waals surface area (Å²) in [6.45, 7) is 2.54. The molecule has 0 bridgehead atoms. The molecular weight excluding hydrogens is 250 g/mol. The maximum atomic E-state index is 12.2. The van der Waals surface area contributed by atoms with Crippen LogP contribution in [0.1, 0.15) is 25.0 Å². The first kappa shape index (κ1) is 15.1. The molecule has 1 aromatic heterocycles. The highest BCUT2D eigenvalue weighted by atomic mass is 16.1. The number of rotatable bonds is 6. The van der Waals surface area contributed by atoms with Gasteiger partial charge in [0, 0.05) is 18.3 Å². The Kier molecular flexibility index (Phi) is 5.26. The number of piperidine rings is 1. The second-order valence-electron chi connectivity index (χ2n) is 6.20. The van der Waals surface area contributed by atoms with Gasteiger partial charge < -0.3 is 10.2 Å². The van der Waals surface area contributed by atoms with Crippen LogP contribution in [-0.4, -0.2) is 49.4 Å². The Bertz CT molecular complexity index is 425. The molecule has 0 unspecified atom stereocenters. The Labute approximate surface area is 121 Å². The number of Topliss-reactive ketones (excluding diaryl/α,β-unsaturated/α-hetero) is 1. The van der Waals surface area contributed by atoms with Crippen LogP contribution in [0.2, 0.25) is 0 Å². The third-order valence-electron chi connectivity index (χ3n) is 4.01. The number of pyridine rings is 1. The molecule has 4 nitrogen and oxygen atoms in total. The molecule has 0 atom stereocenters. The first-order valence-electron chi connectivity index (χ1n) is 7.37. The molecule has 20 heavy (non-hydrogen) atoms. The third-order valence-corrected chi connectivity index (χ3v) is 4.01. The predicted octanol–water partition coefficient (Wildman–Crippen LogP) is 1.51. The first-order chi connectivity index (χ1) is 9.60. The van der Waals surface area contributed by atoms with Crippen molar-refractivity contribution in [2.24, 2.45) is 5.41 Å². The van der Waals surface area contributed by atoms with Gasteiger partial charge in [0.1, 0.15) is 5.78 Å². The molecule has 2 rings (SSSR count). The molecule has 1 N–H and O–H groups in total. The van der Waals surface area contributed by atoms with Gasteiger partial charge in [-0.05, 0) is 64.0 Å². The van der Waals surface area contributed by atoms with Crippen LogP contribution in [0.5, 0.6) is 0 Å². The Morgan fingerprint density at radius 3 is 2.70 bits per heavy atom. The van der Waals surface area contributed by atoms with E-state index in [9.17, 15) is 4.79 Å². The van der Waals surface area contributed by atoms with E-state index < -0.39 is 0 Å². The molecular formula is C16H25N3O. The first-order valence-corrected chi connectivity index (χ1v) is 7.37. The molecule has 4 heteroatoms. The lowest BCUT2D eigenvalue weighted by Crippen LogP contribution is -2.41. The fourth-order valence-corrected chi connectivity index (χ4v) is 3.09. The number of hydrogen-bond acceptors (Lipinski definition) is 4. The number of hydrogen-bond donors (Lipinski definition) is 1. The van der Waals surface area contributed by atoms with Crippen molar-refractivity contribution >= 4 is 5.78 Å². The Balaban J connectivity index is 2.07. The van der Waals surface area contributed by atoms with Crippen LogP contribution >= 0.6 is 0 Å². The zero-order chi connectivity index (χ0) is 14.4. The number of likely N-dealkylation sites (N-methyl/N-ethyl adjacent to an activating group) is 1. The summed E-state index contributed by atoms with van der Waals surface area (Å²) in [7, 11) is 3.90. The minimum atomic E-state index is 0.0900. The fraction of sp³-hybridized carbons (Fsp3) is 0.625. The predicted molar refractivity (Wildman–Crippen MR) is 80.7 cm³/mol. The van der Waals surface area contributed by atoms with Crippen LogP contribution in [0, 0.1) is 5.41 Å². The van der Waals surface area contributed by atoms with E-state index in [1.807, 2.05) is 37.3 Å². The minimum absolute atomic E-state index is 0.0900. The van der Waals surface area contributed by atoms with E-state index in [2.05, 4.69) is 16.4 Å². The largest absolute Gasteiger partial charge is 0.317 e. The van der Waals surface area contributed by atoms with Gasteiger partial charge in [-0.1, -0.05) is 6.07 Å². The second-order valence-corrected chi connectivity index (χ2v) is 6.20. The van der Waals surface area contributed by atoms with Crippen molar-refractivity contribution in [2.45, 2.75) is 25.7 Å². The van der Waals surface area contributed by atoms with E-state index in [-0.39, 0.29) is 5.41 Å². The van der Waals surface area contributed by atoms with Gasteiger partial charge in [-0.3, -0.25) is 9.78 Å². The number of carbonyl (C=O) groups excluding carboxylic acids is 1. The summed E-state index contributed by atoms with van der Waals surface area (Å²) in [6, 6.07) is 6.04. The molecule has 0 saturated carbocycles. The van der Waals surface area contributed by atoms with Crippen molar-refractivity contribution in [3.8, 4) is 0 Å². The maximum absolute atomic E-state index is 12.2. The smallest absolute Gasteiger partial charge is 0.147 e. The summed E-state index contributed by atoms with van der Waals surface area (Å²) in [5.41, 5.74) is 1.19. The van der Waals surface area contributed by atoms with Gasteiger partial charge in [-0.25, -0.2) is 0 Å². The number of aromatic nitrogens is 1. The zero-order valence-electron chi connectivity index (χ0n) is 12.6. The fourth-order valence-electron chi connectivity index (χ4n) is 3.09.